The summed E-state index contributed by atoms with van der Waals surface area (Å²) in [5.74, 6) is -1.66. The maximum absolute atomic E-state index is 12.1. The van der Waals surface area contributed by atoms with Crippen molar-refractivity contribution in [2.24, 2.45) is 0 Å². The number of thiazole rings is 1. The van der Waals surface area contributed by atoms with E-state index in [-0.39, 0.29) is 31.8 Å². The second-order valence-corrected chi connectivity index (χ2v) is 5.65. The van der Waals surface area contributed by atoms with Gasteiger partial charge in [-0.25, -0.2) is 4.79 Å². The Morgan fingerprint density at radius 1 is 1.41 bits per heavy atom. The van der Waals surface area contributed by atoms with E-state index < -0.39 is 11.9 Å². The summed E-state index contributed by atoms with van der Waals surface area (Å²) in [5, 5.41) is 11.6. The highest BCUT2D eigenvalue weighted by Gasteiger charge is 2.18. The summed E-state index contributed by atoms with van der Waals surface area (Å²) >= 11 is 6.75. The number of aromatic nitrogens is 1. The Morgan fingerprint density at radius 3 is 2.59 bits per heavy atom. The molecular weight excluding hydrogens is 332 g/mol. The van der Waals surface area contributed by atoms with Gasteiger partial charge < -0.3 is 20.1 Å². The first-order valence-electron chi connectivity index (χ1n) is 5.95. The predicted octanol–water partition coefficient (Wildman–Crippen LogP) is 2.36. The summed E-state index contributed by atoms with van der Waals surface area (Å²) in [7, 11) is 1.31. The Kier molecular flexibility index (Phi) is 4.53. The van der Waals surface area contributed by atoms with E-state index in [9.17, 15) is 14.4 Å². The van der Waals surface area contributed by atoms with Gasteiger partial charge in [0.15, 0.2) is 0 Å². The highest BCUT2D eigenvalue weighted by atomic mass is 35.5. The molecule has 9 heteroatoms. The minimum atomic E-state index is -1.20. The summed E-state index contributed by atoms with van der Waals surface area (Å²) < 4.78 is 4.97. The molecule has 2 aromatic rings. The predicted molar refractivity (Wildman–Crippen MR) is 82.6 cm³/mol. The Bertz CT molecular complexity index is 811. The molecule has 1 heterocycles. The number of carboxylic acids is 1. The van der Waals surface area contributed by atoms with Crippen LogP contribution in [0.1, 0.15) is 25.7 Å². The minimum absolute atomic E-state index is 0.0482. The number of anilines is 1. The van der Waals surface area contributed by atoms with E-state index >= 15 is 0 Å². The summed E-state index contributed by atoms with van der Waals surface area (Å²) in [5.41, 5.74) is 0.513. The lowest BCUT2D eigenvalue weighted by Gasteiger charge is -2.11. The molecule has 0 radical (unpaired) electrons. The Labute approximate surface area is 133 Å². The molecule has 0 saturated carbocycles. The molecule has 0 fully saturated rings. The van der Waals surface area contributed by atoms with Crippen LogP contribution in [0.15, 0.2) is 16.9 Å². The molecular formula is C13H11ClN2O5S. The van der Waals surface area contributed by atoms with Gasteiger partial charge in [0.1, 0.15) is 16.2 Å². The molecule has 0 bridgehead atoms. The van der Waals surface area contributed by atoms with Crippen LogP contribution in [0.3, 0.4) is 0 Å². The van der Waals surface area contributed by atoms with Crippen molar-refractivity contribution in [3.8, 4) is 5.75 Å². The van der Waals surface area contributed by atoms with Crippen molar-refractivity contribution < 1.29 is 19.4 Å². The zero-order valence-electron chi connectivity index (χ0n) is 11.5. The van der Waals surface area contributed by atoms with Crippen molar-refractivity contribution in [3.63, 3.8) is 0 Å². The monoisotopic (exact) mass is 342 g/mol. The maximum Gasteiger partial charge on any atom is 0.339 e. The number of benzene rings is 1. The van der Waals surface area contributed by atoms with Gasteiger partial charge in [-0.2, -0.15) is 0 Å². The minimum Gasteiger partial charge on any atom is -0.496 e. The third-order valence-electron chi connectivity index (χ3n) is 2.80. The topological polar surface area (TPSA) is 108 Å². The number of carboxylic acid groups (broad SMARTS) is 1. The average Bonchev–Trinajstić information content (AvgIpc) is 2.79. The number of carbonyl (C=O) groups excluding carboxylic acids is 1. The second-order valence-electron chi connectivity index (χ2n) is 4.26. The molecule has 1 amide bonds. The van der Waals surface area contributed by atoms with Crippen LogP contribution in [0, 0.1) is 6.92 Å². The van der Waals surface area contributed by atoms with Crippen molar-refractivity contribution in [1.82, 2.24) is 4.98 Å². The molecule has 1 aromatic heterocycles. The molecule has 0 aliphatic carbocycles. The highest BCUT2D eigenvalue weighted by molar-refractivity contribution is 7.11. The summed E-state index contributed by atoms with van der Waals surface area (Å²) in [4.78, 5) is 36.8. The zero-order chi connectivity index (χ0) is 16.4. The first-order chi connectivity index (χ1) is 10.3. The molecule has 0 unspecified atom stereocenters. The lowest BCUT2D eigenvalue weighted by Crippen LogP contribution is -2.12. The van der Waals surface area contributed by atoms with Crippen molar-refractivity contribution in [2.45, 2.75) is 6.92 Å². The standard InChI is InChI=1S/C13H11ClN2O5S/c1-5-10(22-13(20)15-5)11(17)16-8-4-9(21-2)6(12(18)19)3-7(8)14/h3-4H,1-2H3,(H,15,20)(H,16,17)(H,18,19). The van der Waals surface area contributed by atoms with Crippen molar-refractivity contribution in [1.29, 1.82) is 0 Å². The molecule has 3 N–H and O–H groups in total. The van der Waals surface area contributed by atoms with Crippen LogP contribution in [-0.2, 0) is 0 Å². The van der Waals surface area contributed by atoms with E-state index in [1.54, 1.807) is 6.92 Å². The molecule has 7 nitrogen and oxygen atoms in total. The summed E-state index contributed by atoms with van der Waals surface area (Å²) in [6.45, 7) is 1.60. The second kappa shape index (κ2) is 6.20. The molecule has 22 heavy (non-hydrogen) atoms. The SMILES string of the molecule is COc1cc(NC(=O)c2sc(=O)[nH]c2C)c(Cl)cc1C(=O)O. The molecule has 0 aliphatic heterocycles. The number of rotatable bonds is 4. The smallest absolute Gasteiger partial charge is 0.339 e. The van der Waals surface area contributed by atoms with Gasteiger partial charge in [-0.15, -0.1) is 0 Å². The number of H-pyrrole nitrogens is 1. The van der Waals surface area contributed by atoms with E-state index in [2.05, 4.69) is 10.3 Å². The van der Waals surface area contributed by atoms with Crippen molar-refractivity contribution in [3.05, 3.63) is 43.0 Å². The third kappa shape index (κ3) is 3.12. The number of aromatic amines is 1. The van der Waals surface area contributed by atoms with Gasteiger partial charge in [-0.3, -0.25) is 9.59 Å². The van der Waals surface area contributed by atoms with Gasteiger partial charge in [0.2, 0.25) is 0 Å². The fraction of sp³-hybridized carbons (Fsp3) is 0.154. The van der Waals surface area contributed by atoms with E-state index in [0.29, 0.717) is 5.69 Å². The number of amides is 1. The molecule has 116 valence electrons. The van der Waals surface area contributed by atoms with Gasteiger partial charge in [0.05, 0.1) is 17.8 Å². The van der Waals surface area contributed by atoms with Gasteiger partial charge >= 0.3 is 10.8 Å². The Hall–Kier alpha value is -2.32. The largest absolute Gasteiger partial charge is 0.496 e. The van der Waals surface area contributed by atoms with Crippen LogP contribution in [-0.4, -0.2) is 29.1 Å². The van der Waals surface area contributed by atoms with Crippen molar-refractivity contribution >= 4 is 40.5 Å². The number of hydrogen-bond donors (Lipinski definition) is 3. The molecule has 0 spiro atoms. The zero-order valence-corrected chi connectivity index (χ0v) is 13.1. The molecule has 0 aliphatic rings. The molecule has 1 aromatic carbocycles. The first-order valence-corrected chi connectivity index (χ1v) is 7.14. The normalized spacial score (nSPS) is 10.3. The lowest BCUT2D eigenvalue weighted by atomic mass is 10.1. The third-order valence-corrected chi connectivity index (χ3v) is 4.09. The number of halogens is 1. The lowest BCUT2D eigenvalue weighted by molar-refractivity contribution is 0.0693. The number of methoxy groups -OCH3 is 1. The first kappa shape index (κ1) is 16.1. The number of aryl methyl sites for hydroxylation is 1. The Balaban J connectivity index is 2.37. The highest BCUT2D eigenvalue weighted by Crippen LogP contribution is 2.31. The number of ether oxygens (including phenoxy) is 1. The number of aromatic carboxylic acids is 1. The fourth-order valence-electron chi connectivity index (χ4n) is 1.79. The number of nitrogens with one attached hydrogen (secondary N) is 2. The van der Waals surface area contributed by atoms with Crippen LogP contribution in [0.4, 0.5) is 5.69 Å². The van der Waals surface area contributed by atoms with E-state index in [1.807, 2.05) is 0 Å². The van der Waals surface area contributed by atoms with Crippen LogP contribution >= 0.6 is 22.9 Å². The van der Waals surface area contributed by atoms with Crippen molar-refractivity contribution in [2.75, 3.05) is 12.4 Å². The van der Waals surface area contributed by atoms with Gasteiger partial charge in [0.25, 0.3) is 5.91 Å². The molecule has 0 saturated heterocycles. The fourth-order valence-corrected chi connectivity index (χ4v) is 2.73. The summed E-state index contributed by atoms with van der Waals surface area (Å²) in [6, 6.07) is 2.50. The number of carbonyl (C=O) groups is 2. The van der Waals surface area contributed by atoms with Crippen LogP contribution in [0.2, 0.25) is 5.02 Å². The Morgan fingerprint density at radius 2 is 2.09 bits per heavy atom. The van der Waals surface area contributed by atoms with E-state index in [1.165, 1.54) is 19.2 Å². The molecule has 2 rings (SSSR count). The maximum atomic E-state index is 12.1. The van der Waals surface area contributed by atoms with Crippen LogP contribution in [0.25, 0.3) is 0 Å². The van der Waals surface area contributed by atoms with E-state index in [0.717, 1.165) is 11.3 Å². The van der Waals surface area contributed by atoms with Crippen LogP contribution in [0.5, 0.6) is 5.75 Å². The van der Waals surface area contributed by atoms with Gasteiger partial charge in [-0.05, 0) is 13.0 Å². The average molecular weight is 343 g/mol. The number of hydrogen-bond acceptors (Lipinski definition) is 5. The van der Waals surface area contributed by atoms with Crippen LogP contribution < -0.4 is 14.9 Å². The quantitative estimate of drug-likeness (QED) is 0.790. The molecule has 0 atom stereocenters. The summed E-state index contributed by atoms with van der Waals surface area (Å²) in [6.07, 6.45) is 0. The van der Waals surface area contributed by atoms with Gasteiger partial charge in [-0.1, -0.05) is 22.9 Å². The van der Waals surface area contributed by atoms with Gasteiger partial charge in [0, 0.05) is 11.8 Å². The van der Waals surface area contributed by atoms with E-state index in [4.69, 9.17) is 21.4 Å².